The molecule has 0 aromatic carbocycles. The Morgan fingerprint density at radius 3 is 2.72 bits per heavy atom. The Hall–Kier alpha value is -1.44. The molecule has 1 heterocycles. The van der Waals surface area contributed by atoms with E-state index < -0.39 is 0 Å². The lowest BCUT2D eigenvalue weighted by molar-refractivity contribution is 0.136. The Labute approximate surface area is 109 Å². The van der Waals surface area contributed by atoms with Crippen molar-refractivity contribution in [2.75, 3.05) is 13.2 Å². The predicted molar refractivity (Wildman–Crippen MR) is 70.8 cm³/mol. The largest absolute Gasteiger partial charge is 0.395 e. The maximum atomic E-state index is 9.15. The zero-order valence-electron chi connectivity index (χ0n) is 11.1. The lowest BCUT2D eigenvalue weighted by Crippen LogP contribution is -2.36. The average Bonchev–Trinajstić information content (AvgIpc) is 2.40. The van der Waals surface area contributed by atoms with E-state index in [0.29, 0.717) is 18.3 Å². The summed E-state index contributed by atoms with van der Waals surface area (Å²) in [5.74, 6) is 0. The molecule has 0 aliphatic rings. The molecule has 18 heavy (non-hydrogen) atoms. The van der Waals surface area contributed by atoms with Gasteiger partial charge in [-0.3, -0.25) is 4.90 Å². The first-order chi connectivity index (χ1) is 8.74. The zero-order chi connectivity index (χ0) is 13.4. The van der Waals surface area contributed by atoms with Crippen LogP contribution in [-0.4, -0.2) is 34.2 Å². The van der Waals surface area contributed by atoms with E-state index in [0.717, 1.165) is 24.9 Å². The Kier molecular flexibility index (Phi) is 6.34. The first kappa shape index (κ1) is 14.6. The SMILES string of the molecule is CCC(CC)N(CCO)Cc1ccnc(C#N)c1. The van der Waals surface area contributed by atoms with E-state index in [1.807, 2.05) is 12.1 Å². The fourth-order valence-electron chi connectivity index (χ4n) is 2.19. The van der Waals surface area contributed by atoms with Gasteiger partial charge in [0.2, 0.25) is 0 Å². The van der Waals surface area contributed by atoms with E-state index in [9.17, 15) is 0 Å². The molecule has 0 saturated heterocycles. The van der Waals surface area contributed by atoms with Crippen LogP contribution in [-0.2, 0) is 6.54 Å². The van der Waals surface area contributed by atoms with Gasteiger partial charge in [-0.1, -0.05) is 13.8 Å². The van der Waals surface area contributed by atoms with Gasteiger partial charge >= 0.3 is 0 Å². The first-order valence-corrected chi connectivity index (χ1v) is 6.45. The third-order valence-electron chi connectivity index (χ3n) is 3.17. The number of hydrogen-bond acceptors (Lipinski definition) is 4. The number of rotatable bonds is 7. The maximum absolute atomic E-state index is 9.15. The Morgan fingerprint density at radius 2 is 2.17 bits per heavy atom. The van der Waals surface area contributed by atoms with Crippen molar-refractivity contribution in [3.05, 3.63) is 29.6 Å². The van der Waals surface area contributed by atoms with Crippen LogP contribution in [0, 0.1) is 11.3 Å². The number of aliphatic hydroxyl groups excluding tert-OH is 1. The molecule has 0 atom stereocenters. The van der Waals surface area contributed by atoms with Crippen molar-refractivity contribution in [3.8, 4) is 6.07 Å². The molecule has 0 saturated carbocycles. The molecular formula is C14H21N3O. The monoisotopic (exact) mass is 247 g/mol. The fraction of sp³-hybridized carbons (Fsp3) is 0.571. The number of aromatic nitrogens is 1. The van der Waals surface area contributed by atoms with Crippen molar-refractivity contribution >= 4 is 0 Å². The van der Waals surface area contributed by atoms with Crippen LogP contribution in [0.15, 0.2) is 18.3 Å². The van der Waals surface area contributed by atoms with Gasteiger partial charge in [-0.25, -0.2) is 4.98 Å². The van der Waals surface area contributed by atoms with Crippen LogP contribution in [0.4, 0.5) is 0 Å². The van der Waals surface area contributed by atoms with Crippen LogP contribution < -0.4 is 0 Å². The van der Waals surface area contributed by atoms with Gasteiger partial charge in [0, 0.05) is 25.3 Å². The van der Waals surface area contributed by atoms with Crippen LogP contribution in [0.1, 0.15) is 37.9 Å². The van der Waals surface area contributed by atoms with Crippen LogP contribution >= 0.6 is 0 Å². The van der Waals surface area contributed by atoms with Crippen LogP contribution in [0.25, 0.3) is 0 Å². The number of nitrogens with zero attached hydrogens (tertiary/aromatic N) is 3. The second-order valence-electron chi connectivity index (χ2n) is 4.33. The predicted octanol–water partition coefficient (Wildman–Crippen LogP) is 1.94. The van der Waals surface area contributed by atoms with Crippen molar-refractivity contribution in [2.24, 2.45) is 0 Å². The molecule has 0 amide bonds. The van der Waals surface area contributed by atoms with Crippen molar-refractivity contribution in [1.82, 2.24) is 9.88 Å². The molecule has 4 heteroatoms. The summed E-state index contributed by atoms with van der Waals surface area (Å²) >= 11 is 0. The van der Waals surface area contributed by atoms with E-state index in [-0.39, 0.29) is 6.61 Å². The van der Waals surface area contributed by atoms with Gasteiger partial charge in [-0.15, -0.1) is 0 Å². The smallest absolute Gasteiger partial charge is 0.140 e. The van der Waals surface area contributed by atoms with Crippen LogP contribution in [0.3, 0.4) is 0 Å². The lowest BCUT2D eigenvalue weighted by Gasteiger charge is -2.29. The van der Waals surface area contributed by atoms with Gasteiger partial charge in [0.15, 0.2) is 0 Å². The molecule has 4 nitrogen and oxygen atoms in total. The standard InChI is InChI=1S/C14H21N3O/c1-3-14(4-2)17(7-8-18)11-12-5-6-16-13(9-12)10-15/h5-6,9,14,18H,3-4,7-8,11H2,1-2H3. The topological polar surface area (TPSA) is 60.1 Å². The summed E-state index contributed by atoms with van der Waals surface area (Å²) in [4.78, 5) is 6.23. The number of pyridine rings is 1. The second-order valence-corrected chi connectivity index (χ2v) is 4.33. The van der Waals surface area contributed by atoms with E-state index in [1.54, 1.807) is 6.20 Å². The highest BCUT2D eigenvalue weighted by Crippen LogP contribution is 2.13. The number of aliphatic hydroxyl groups is 1. The van der Waals surface area contributed by atoms with E-state index in [4.69, 9.17) is 10.4 Å². The summed E-state index contributed by atoms with van der Waals surface area (Å²) in [5, 5.41) is 18.0. The molecule has 1 aromatic rings. The molecule has 1 rings (SSSR count). The van der Waals surface area contributed by atoms with E-state index in [1.165, 1.54) is 0 Å². The quantitative estimate of drug-likeness (QED) is 0.800. The van der Waals surface area contributed by atoms with E-state index in [2.05, 4.69) is 29.8 Å². The summed E-state index contributed by atoms with van der Waals surface area (Å²) in [7, 11) is 0. The molecule has 0 unspecified atom stereocenters. The summed E-state index contributed by atoms with van der Waals surface area (Å²) in [6.07, 6.45) is 3.79. The first-order valence-electron chi connectivity index (χ1n) is 6.45. The molecule has 98 valence electrons. The van der Waals surface area contributed by atoms with Gasteiger partial charge in [0.25, 0.3) is 0 Å². The Balaban J connectivity index is 2.79. The minimum absolute atomic E-state index is 0.159. The van der Waals surface area contributed by atoms with Crippen molar-refractivity contribution in [1.29, 1.82) is 5.26 Å². The Bertz CT molecular complexity index is 396. The fourth-order valence-corrected chi connectivity index (χ4v) is 2.19. The summed E-state index contributed by atoms with van der Waals surface area (Å²) in [5.41, 5.74) is 1.52. The van der Waals surface area contributed by atoms with Gasteiger partial charge in [0.1, 0.15) is 11.8 Å². The highest BCUT2D eigenvalue weighted by atomic mass is 16.3. The van der Waals surface area contributed by atoms with Crippen molar-refractivity contribution in [2.45, 2.75) is 39.3 Å². The zero-order valence-corrected chi connectivity index (χ0v) is 11.1. The summed E-state index contributed by atoms with van der Waals surface area (Å²) in [6, 6.07) is 6.26. The molecule has 0 aliphatic carbocycles. The van der Waals surface area contributed by atoms with E-state index >= 15 is 0 Å². The molecule has 0 fully saturated rings. The lowest BCUT2D eigenvalue weighted by atomic mass is 10.1. The second kappa shape index (κ2) is 7.80. The van der Waals surface area contributed by atoms with Crippen molar-refractivity contribution in [3.63, 3.8) is 0 Å². The minimum atomic E-state index is 0.159. The highest BCUT2D eigenvalue weighted by molar-refractivity contribution is 5.25. The van der Waals surface area contributed by atoms with Gasteiger partial charge in [-0.05, 0) is 30.5 Å². The minimum Gasteiger partial charge on any atom is -0.395 e. The highest BCUT2D eigenvalue weighted by Gasteiger charge is 2.15. The molecule has 1 aromatic heterocycles. The number of nitriles is 1. The Morgan fingerprint density at radius 1 is 1.44 bits per heavy atom. The van der Waals surface area contributed by atoms with Gasteiger partial charge < -0.3 is 5.11 Å². The van der Waals surface area contributed by atoms with Crippen LogP contribution in [0.2, 0.25) is 0 Å². The molecule has 0 spiro atoms. The average molecular weight is 247 g/mol. The van der Waals surface area contributed by atoms with Crippen molar-refractivity contribution < 1.29 is 5.11 Å². The molecule has 0 bridgehead atoms. The van der Waals surface area contributed by atoms with Crippen LogP contribution in [0.5, 0.6) is 0 Å². The van der Waals surface area contributed by atoms with Gasteiger partial charge in [0.05, 0.1) is 6.61 Å². The molecule has 0 radical (unpaired) electrons. The van der Waals surface area contributed by atoms with Gasteiger partial charge in [-0.2, -0.15) is 5.26 Å². The third kappa shape index (κ3) is 4.10. The number of hydrogen-bond donors (Lipinski definition) is 1. The third-order valence-corrected chi connectivity index (χ3v) is 3.17. The summed E-state index contributed by atoms with van der Waals surface area (Å²) < 4.78 is 0. The molecule has 1 N–H and O–H groups in total. The normalized spacial score (nSPS) is 10.9. The molecule has 0 aliphatic heterocycles. The maximum Gasteiger partial charge on any atom is 0.140 e. The molecular weight excluding hydrogens is 226 g/mol. The summed E-state index contributed by atoms with van der Waals surface area (Å²) in [6.45, 7) is 5.89.